The summed E-state index contributed by atoms with van der Waals surface area (Å²) in [6, 6.07) is 2.54. The molecule has 3 nitrogen and oxygen atoms in total. The first kappa shape index (κ1) is 17.2. The summed E-state index contributed by atoms with van der Waals surface area (Å²) in [7, 11) is 0. The molecule has 116 valence electrons. The van der Waals surface area contributed by atoms with Crippen molar-refractivity contribution in [2.75, 3.05) is 6.54 Å². The van der Waals surface area contributed by atoms with Crippen LogP contribution in [0, 0.1) is 0 Å². The van der Waals surface area contributed by atoms with Crippen LogP contribution in [-0.4, -0.2) is 16.3 Å². The Morgan fingerprint density at radius 2 is 2.10 bits per heavy atom. The molecule has 1 unspecified atom stereocenters. The molecule has 0 fully saturated rings. The van der Waals surface area contributed by atoms with E-state index >= 15 is 0 Å². The first-order chi connectivity index (χ1) is 10.1. The minimum absolute atomic E-state index is 0.328. The van der Waals surface area contributed by atoms with E-state index in [0.717, 1.165) is 36.1 Å². The third-order valence-electron chi connectivity index (χ3n) is 3.47. The Bertz CT molecular complexity index is 592. The Balaban J connectivity index is 2.30. The molecule has 0 amide bonds. The van der Waals surface area contributed by atoms with Gasteiger partial charge in [0.15, 0.2) is 0 Å². The second-order valence-electron chi connectivity index (χ2n) is 4.86. The average Bonchev–Trinajstić information content (AvgIpc) is 3.03. The summed E-state index contributed by atoms with van der Waals surface area (Å²) in [5.74, 6) is 0. The lowest BCUT2D eigenvalue weighted by Gasteiger charge is -2.17. The van der Waals surface area contributed by atoms with Crippen LogP contribution in [0.25, 0.3) is 0 Å². The Hall–Kier alpha value is -0.170. The molecule has 0 spiro atoms. The first-order valence-corrected chi connectivity index (χ1v) is 9.78. The van der Waals surface area contributed by atoms with Gasteiger partial charge in [-0.25, -0.2) is 0 Å². The fourth-order valence-corrected chi connectivity index (χ4v) is 4.68. The molecule has 1 atom stereocenters. The van der Waals surface area contributed by atoms with E-state index in [9.17, 15) is 0 Å². The van der Waals surface area contributed by atoms with E-state index in [1.54, 1.807) is 11.3 Å². The predicted molar refractivity (Wildman–Crippen MR) is 97.1 cm³/mol. The van der Waals surface area contributed by atoms with E-state index in [-0.39, 0.29) is 0 Å². The van der Waals surface area contributed by atoms with Crippen molar-refractivity contribution in [3.05, 3.63) is 36.7 Å². The van der Waals surface area contributed by atoms with Crippen LogP contribution in [0.2, 0.25) is 0 Å². The molecular formula is C15H21Br2N3S. The number of halogens is 2. The quantitative estimate of drug-likeness (QED) is 0.668. The van der Waals surface area contributed by atoms with E-state index in [1.807, 2.05) is 0 Å². The lowest BCUT2D eigenvalue weighted by atomic mass is 10.1. The van der Waals surface area contributed by atoms with Crippen molar-refractivity contribution < 1.29 is 0 Å². The van der Waals surface area contributed by atoms with Crippen LogP contribution >= 0.6 is 43.2 Å². The van der Waals surface area contributed by atoms with Gasteiger partial charge < -0.3 is 5.32 Å². The van der Waals surface area contributed by atoms with E-state index in [4.69, 9.17) is 5.10 Å². The molecule has 2 heterocycles. The van der Waals surface area contributed by atoms with Crippen LogP contribution in [0.3, 0.4) is 0 Å². The standard InChI is InChI=1S/C15H21Br2N3S/c1-4-11-15(17)13(20(6-3)19-11)8-12(18-5-2)14-7-10(16)9-21-14/h7,9,12,18H,4-6,8H2,1-3H3. The number of rotatable bonds is 7. The van der Waals surface area contributed by atoms with Crippen molar-refractivity contribution in [3.8, 4) is 0 Å². The van der Waals surface area contributed by atoms with Gasteiger partial charge in [-0.15, -0.1) is 11.3 Å². The minimum Gasteiger partial charge on any atom is -0.309 e. The fraction of sp³-hybridized carbons (Fsp3) is 0.533. The summed E-state index contributed by atoms with van der Waals surface area (Å²) < 4.78 is 4.45. The van der Waals surface area contributed by atoms with Gasteiger partial charge in [0.25, 0.3) is 0 Å². The number of aryl methyl sites for hydroxylation is 2. The molecule has 0 radical (unpaired) electrons. The van der Waals surface area contributed by atoms with Gasteiger partial charge in [0.1, 0.15) is 0 Å². The number of hydrogen-bond donors (Lipinski definition) is 1. The van der Waals surface area contributed by atoms with Crippen LogP contribution in [0.5, 0.6) is 0 Å². The van der Waals surface area contributed by atoms with Gasteiger partial charge in [-0.3, -0.25) is 4.68 Å². The molecule has 0 aromatic carbocycles. The third kappa shape index (κ3) is 3.97. The zero-order valence-electron chi connectivity index (χ0n) is 12.6. The maximum atomic E-state index is 4.69. The highest BCUT2D eigenvalue weighted by Crippen LogP contribution is 2.31. The van der Waals surface area contributed by atoms with Crippen molar-refractivity contribution in [2.24, 2.45) is 0 Å². The highest BCUT2D eigenvalue weighted by molar-refractivity contribution is 9.10. The van der Waals surface area contributed by atoms with Gasteiger partial charge >= 0.3 is 0 Å². The molecular weight excluding hydrogens is 414 g/mol. The highest BCUT2D eigenvalue weighted by atomic mass is 79.9. The maximum absolute atomic E-state index is 4.69. The minimum atomic E-state index is 0.328. The SMILES string of the molecule is CCNC(Cc1c(Br)c(CC)nn1CC)c1cc(Br)cs1. The zero-order valence-corrected chi connectivity index (χ0v) is 16.6. The molecule has 2 aromatic heterocycles. The van der Waals surface area contributed by atoms with Gasteiger partial charge in [0, 0.05) is 33.7 Å². The topological polar surface area (TPSA) is 29.9 Å². The Morgan fingerprint density at radius 3 is 2.62 bits per heavy atom. The van der Waals surface area contributed by atoms with Crippen molar-refractivity contribution in [1.82, 2.24) is 15.1 Å². The summed E-state index contributed by atoms with van der Waals surface area (Å²) in [4.78, 5) is 1.36. The average molecular weight is 435 g/mol. The number of aromatic nitrogens is 2. The number of likely N-dealkylation sites (N-methyl/N-ethyl adjacent to an activating group) is 1. The van der Waals surface area contributed by atoms with Crippen molar-refractivity contribution in [2.45, 2.75) is 46.2 Å². The van der Waals surface area contributed by atoms with Gasteiger partial charge in [0.05, 0.1) is 15.9 Å². The Morgan fingerprint density at radius 1 is 1.33 bits per heavy atom. The summed E-state index contributed by atoms with van der Waals surface area (Å²) in [5.41, 5.74) is 2.43. The van der Waals surface area contributed by atoms with Crippen molar-refractivity contribution in [3.63, 3.8) is 0 Å². The molecule has 2 rings (SSSR count). The molecule has 0 saturated carbocycles. The zero-order chi connectivity index (χ0) is 15.4. The Kier molecular flexibility index (Phi) is 6.47. The highest BCUT2D eigenvalue weighted by Gasteiger charge is 2.20. The molecule has 0 aliphatic carbocycles. The summed E-state index contributed by atoms with van der Waals surface area (Å²) in [5, 5.41) is 10.4. The van der Waals surface area contributed by atoms with E-state index in [2.05, 4.69) is 74.1 Å². The number of hydrogen-bond acceptors (Lipinski definition) is 3. The van der Waals surface area contributed by atoms with E-state index in [0.29, 0.717) is 6.04 Å². The van der Waals surface area contributed by atoms with Crippen molar-refractivity contribution >= 4 is 43.2 Å². The summed E-state index contributed by atoms with van der Waals surface area (Å²) in [6.07, 6.45) is 1.90. The second kappa shape index (κ2) is 7.90. The number of nitrogens with zero attached hydrogens (tertiary/aromatic N) is 2. The van der Waals surface area contributed by atoms with Crippen LogP contribution in [0.15, 0.2) is 20.4 Å². The normalized spacial score (nSPS) is 12.8. The molecule has 6 heteroatoms. The number of thiophene rings is 1. The molecule has 21 heavy (non-hydrogen) atoms. The van der Waals surface area contributed by atoms with Gasteiger partial charge in [-0.2, -0.15) is 5.10 Å². The number of nitrogens with one attached hydrogen (secondary N) is 1. The van der Waals surface area contributed by atoms with Crippen LogP contribution in [0.1, 0.15) is 43.1 Å². The van der Waals surface area contributed by atoms with Gasteiger partial charge in [0.2, 0.25) is 0 Å². The predicted octanol–water partition coefficient (Wildman–Crippen LogP) is 4.95. The molecule has 0 aliphatic rings. The maximum Gasteiger partial charge on any atom is 0.0766 e. The summed E-state index contributed by atoms with van der Waals surface area (Å²) in [6.45, 7) is 8.31. The van der Waals surface area contributed by atoms with E-state index in [1.165, 1.54) is 15.0 Å². The van der Waals surface area contributed by atoms with E-state index < -0.39 is 0 Å². The fourth-order valence-electron chi connectivity index (χ4n) is 2.44. The van der Waals surface area contributed by atoms with Crippen LogP contribution in [0.4, 0.5) is 0 Å². The smallest absolute Gasteiger partial charge is 0.0766 e. The monoisotopic (exact) mass is 433 g/mol. The van der Waals surface area contributed by atoms with Crippen molar-refractivity contribution in [1.29, 1.82) is 0 Å². The van der Waals surface area contributed by atoms with Crippen LogP contribution < -0.4 is 5.32 Å². The first-order valence-electron chi connectivity index (χ1n) is 7.31. The third-order valence-corrected chi connectivity index (χ3v) is 6.20. The largest absolute Gasteiger partial charge is 0.309 e. The molecule has 2 aromatic rings. The molecule has 1 N–H and O–H groups in total. The second-order valence-corrected chi connectivity index (χ2v) is 7.51. The summed E-state index contributed by atoms with van der Waals surface area (Å²) >= 11 is 9.09. The lowest BCUT2D eigenvalue weighted by Crippen LogP contribution is -2.23. The lowest BCUT2D eigenvalue weighted by molar-refractivity contribution is 0.521. The Labute approximate surface area is 147 Å². The van der Waals surface area contributed by atoms with Crippen LogP contribution in [-0.2, 0) is 19.4 Å². The molecule has 0 saturated heterocycles. The molecule has 0 aliphatic heterocycles. The van der Waals surface area contributed by atoms with Gasteiger partial charge in [-0.1, -0.05) is 13.8 Å². The van der Waals surface area contributed by atoms with Gasteiger partial charge in [-0.05, 0) is 57.8 Å². The molecule has 0 bridgehead atoms.